The van der Waals surface area contributed by atoms with Gasteiger partial charge in [-0.2, -0.15) is 0 Å². The summed E-state index contributed by atoms with van der Waals surface area (Å²) in [6.07, 6.45) is 7.69. The minimum atomic E-state index is -0.0326. The number of nitrogen functional groups attached to an aromatic ring is 1. The number of rotatable bonds is 3. The normalized spacial score (nSPS) is 18.3. The van der Waals surface area contributed by atoms with Crippen LogP contribution in [0.3, 0.4) is 0 Å². The molecule has 0 spiro atoms. The van der Waals surface area contributed by atoms with Crippen LogP contribution in [0.5, 0.6) is 0 Å². The molecule has 2 rings (SSSR count). The minimum absolute atomic E-state index is 0.0326. The van der Waals surface area contributed by atoms with Crippen molar-refractivity contribution >= 4 is 27.5 Å². The summed E-state index contributed by atoms with van der Waals surface area (Å²) >= 11 is 3.37. The van der Waals surface area contributed by atoms with E-state index < -0.39 is 0 Å². The molecule has 1 atom stereocenters. The van der Waals surface area contributed by atoms with Crippen molar-refractivity contribution in [3.8, 4) is 0 Å². The lowest BCUT2D eigenvalue weighted by Gasteiger charge is -2.23. The first-order valence-corrected chi connectivity index (χ1v) is 8.22. The lowest BCUT2D eigenvalue weighted by molar-refractivity contribution is 0.0924. The highest BCUT2D eigenvalue weighted by molar-refractivity contribution is 9.10. The maximum absolute atomic E-state index is 12.3. The van der Waals surface area contributed by atoms with Crippen LogP contribution in [0.25, 0.3) is 0 Å². The summed E-state index contributed by atoms with van der Waals surface area (Å²) < 4.78 is 0.838. The minimum Gasteiger partial charge on any atom is -0.399 e. The van der Waals surface area contributed by atoms with Crippen molar-refractivity contribution in [3.05, 3.63) is 28.2 Å². The Morgan fingerprint density at radius 1 is 1.25 bits per heavy atom. The van der Waals surface area contributed by atoms with Crippen LogP contribution >= 0.6 is 15.9 Å². The van der Waals surface area contributed by atoms with Gasteiger partial charge in [0.2, 0.25) is 0 Å². The third-order valence-electron chi connectivity index (χ3n) is 4.15. The van der Waals surface area contributed by atoms with Crippen molar-refractivity contribution in [3.63, 3.8) is 0 Å². The molecule has 20 heavy (non-hydrogen) atoms. The number of carbonyl (C=O) groups excluding carboxylic acids is 1. The standard InChI is InChI=1S/C16H23BrN2O/c1-11(12-6-4-2-3-5-7-12)19-16(20)13-8-14(17)10-15(18)9-13/h8-12H,2-7,18H2,1H3,(H,19,20)/t11-/m0/s1. The fourth-order valence-electron chi connectivity index (χ4n) is 2.96. The first-order valence-electron chi connectivity index (χ1n) is 7.43. The van der Waals surface area contributed by atoms with Crippen LogP contribution in [0.4, 0.5) is 5.69 Å². The summed E-state index contributed by atoms with van der Waals surface area (Å²) in [7, 11) is 0. The molecule has 1 aliphatic rings. The SMILES string of the molecule is C[C@H](NC(=O)c1cc(N)cc(Br)c1)C1CCCCCC1. The Morgan fingerprint density at radius 3 is 2.50 bits per heavy atom. The number of hydrogen-bond donors (Lipinski definition) is 2. The van der Waals surface area contributed by atoms with Crippen molar-refractivity contribution in [1.29, 1.82) is 0 Å². The summed E-state index contributed by atoms with van der Waals surface area (Å²) in [5.41, 5.74) is 7.01. The largest absolute Gasteiger partial charge is 0.399 e. The highest BCUT2D eigenvalue weighted by atomic mass is 79.9. The lowest BCUT2D eigenvalue weighted by atomic mass is 9.93. The van der Waals surface area contributed by atoms with Gasteiger partial charge in [0.05, 0.1) is 0 Å². The fraction of sp³-hybridized carbons (Fsp3) is 0.562. The number of benzene rings is 1. The Morgan fingerprint density at radius 2 is 1.90 bits per heavy atom. The molecule has 1 amide bonds. The van der Waals surface area contributed by atoms with E-state index in [0.717, 1.165) is 4.47 Å². The molecular weight excluding hydrogens is 316 g/mol. The van der Waals surface area contributed by atoms with Gasteiger partial charge >= 0.3 is 0 Å². The van der Waals surface area contributed by atoms with Gasteiger partial charge in [0.1, 0.15) is 0 Å². The number of nitrogens with two attached hydrogens (primary N) is 1. The molecule has 1 fully saturated rings. The molecule has 1 saturated carbocycles. The van der Waals surface area contributed by atoms with Gasteiger partial charge in [-0.25, -0.2) is 0 Å². The second-order valence-electron chi connectivity index (χ2n) is 5.79. The van der Waals surface area contributed by atoms with Gasteiger partial charge in [-0.1, -0.05) is 41.6 Å². The monoisotopic (exact) mass is 338 g/mol. The highest BCUT2D eigenvalue weighted by Gasteiger charge is 2.21. The number of amides is 1. The van der Waals surface area contributed by atoms with Crippen LogP contribution in [-0.2, 0) is 0 Å². The van der Waals surface area contributed by atoms with Crippen LogP contribution in [0.15, 0.2) is 22.7 Å². The topological polar surface area (TPSA) is 55.1 Å². The van der Waals surface area contributed by atoms with Gasteiger partial charge in [0, 0.05) is 21.8 Å². The number of nitrogens with one attached hydrogen (secondary N) is 1. The third-order valence-corrected chi connectivity index (χ3v) is 4.61. The average molecular weight is 339 g/mol. The first kappa shape index (κ1) is 15.4. The van der Waals surface area contributed by atoms with Crippen LogP contribution in [0, 0.1) is 5.92 Å². The molecule has 110 valence electrons. The molecule has 0 heterocycles. The molecule has 3 N–H and O–H groups in total. The summed E-state index contributed by atoms with van der Waals surface area (Å²) in [5.74, 6) is 0.570. The van der Waals surface area contributed by atoms with Crippen LogP contribution in [-0.4, -0.2) is 11.9 Å². The van der Waals surface area contributed by atoms with Crippen molar-refractivity contribution < 1.29 is 4.79 Å². The predicted molar refractivity (Wildman–Crippen MR) is 86.7 cm³/mol. The van der Waals surface area contributed by atoms with E-state index in [1.54, 1.807) is 12.1 Å². The number of halogens is 1. The van der Waals surface area contributed by atoms with E-state index in [9.17, 15) is 4.79 Å². The molecule has 0 unspecified atom stereocenters. The maximum atomic E-state index is 12.3. The van der Waals surface area contributed by atoms with Gasteiger partial charge in [0.25, 0.3) is 5.91 Å². The Hall–Kier alpha value is -1.03. The second-order valence-corrected chi connectivity index (χ2v) is 6.70. The zero-order chi connectivity index (χ0) is 14.5. The van der Waals surface area contributed by atoms with Crippen molar-refractivity contribution in [2.24, 2.45) is 5.92 Å². The van der Waals surface area contributed by atoms with E-state index in [1.807, 2.05) is 6.07 Å². The van der Waals surface area contributed by atoms with Crippen LogP contribution in [0.1, 0.15) is 55.8 Å². The van der Waals surface area contributed by atoms with Gasteiger partial charge in [-0.15, -0.1) is 0 Å². The maximum Gasteiger partial charge on any atom is 0.251 e. The van der Waals surface area contributed by atoms with E-state index >= 15 is 0 Å². The summed E-state index contributed by atoms with van der Waals surface area (Å²) in [6, 6.07) is 5.55. The molecule has 0 radical (unpaired) electrons. The number of anilines is 1. The highest BCUT2D eigenvalue weighted by Crippen LogP contribution is 2.26. The van der Waals surface area contributed by atoms with E-state index in [4.69, 9.17) is 5.73 Å². The zero-order valence-electron chi connectivity index (χ0n) is 12.0. The van der Waals surface area contributed by atoms with E-state index in [-0.39, 0.29) is 11.9 Å². The van der Waals surface area contributed by atoms with Gasteiger partial charge in [0.15, 0.2) is 0 Å². The molecule has 3 nitrogen and oxygen atoms in total. The van der Waals surface area contributed by atoms with E-state index in [1.165, 1.54) is 38.5 Å². The smallest absolute Gasteiger partial charge is 0.251 e. The quantitative estimate of drug-likeness (QED) is 0.643. The molecule has 1 aromatic carbocycles. The number of hydrogen-bond acceptors (Lipinski definition) is 2. The van der Waals surface area contributed by atoms with E-state index in [0.29, 0.717) is 17.2 Å². The van der Waals surface area contributed by atoms with Gasteiger partial charge in [-0.3, -0.25) is 4.79 Å². The average Bonchev–Trinajstić information content (AvgIpc) is 2.66. The van der Waals surface area contributed by atoms with Crippen molar-refractivity contribution in [1.82, 2.24) is 5.32 Å². The third kappa shape index (κ3) is 4.23. The second kappa shape index (κ2) is 7.11. The summed E-state index contributed by atoms with van der Waals surface area (Å²) in [5, 5.41) is 3.13. The molecule has 0 saturated heterocycles. The molecular formula is C16H23BrN2O. The first-order chi connectivity index (χ1) is 9.56. The summed E-state index contributed by atoms with van der Waals surface area (Å²) in [4.78, 5) is 12.3. The fourth-order valence-corrected chi connectivity index (χ4v) is 3.47. The molecule has 1 aromatic rings. The van der Waals surface area contributed by atoms with Crippen LogP contribution in [0.2, 0.25) is 0 Å². The Bertz CT molecular complexity index is 447. The van der Waals surface area contributed by atoms with E-state index in [2.05, 4.69) is 28.2 Å². The molecule has 1 aliphatic carbocycles. The molecule has 4 heteroatoms. The summed E-state index contributed by atoms with van der Waals surface area (Å²) in [6.45, 7) is 2.12. The Kier molecular flexibility index (Phi) is 5.46. The number of carbonyl (C=O) groups is 1. The molecule has 0 bridgehead atoms. The van der Waals surface area contributed by atoms with Gasteiger partial charge in [-0.05, 0) is 43.9 Å². The Balaban J connectivity index is 1.99. The lowest BCUT2D eigenvalue weighted by Crippen LogP contribution is -2.38. The van der Waals surface area contributed by atoms with Crippen LogP contribution < -0.4 is 11.1 Å². The Labute approximate surface area is 129 Å². The van der Waals surface area contributed by atoms with Crippen molar-refractivity contribution in [2.45, 2.75) is 51.5 Å². The molecule has 0 aliphatic heterocycles. The predicted octanol–water partition coefficient (Wildman–Crippen LogP) is 4.12. The zero-order valence-corrected chi connectivity index (χ0v) is 13.6. The van der Waals surface area contributed by atoms with Gasteiger partial charge < -0.3 is 11.1 Å². The molecule has 0 aromatic heterocycles. The van der Waals surface area contributed by atoms with Crippen molar-refractivity contribution in [2.75, 3.05) is 5.73 Å².